The minimum absolute atomic E-state index is 0.0663. The number of hydrogen-bond acceptors (Lipinski definition) is 6. The molecule has 0 N–H and O–H groups in total. The van der Waals surface area contributed by atoms with Gasteiger partial charge in [-0.1, -0.05) is 6.07 Å². The van der Waals surface area contributed by atoms with Gasteiger partial charge in [-0.25, -0.2) is 4.98 Å². The molecular formula is C23H22F3N3O4. The molecule has 0 amide bonds. The molecule has 1 fully saturated rings. The molecule has 0 aliphatic heterocycles. The normalized spacial score (nSPS) is 13.8. The molecule has 4 rings (SSSR count). The van der Waals surface area contributed by atoms with Crippen LogP contribution in [0.5, 0.6) is 5.75 Å². The van der Waals surface area contributed by atoms with Gasteiger partial charge in [0.15, 0.2) is 5.78 Å². The van der Waals surface area contributed by atoms with Gasteiger partial charge >= 0.3 is 12.1 Å². The van der Waals surface area contributed by atoms with Crippen molar-refractivity contribution >= 4 is 22.7 Å². The molecule has 1 aliphatic carbocycles. The summed E-state index contributed by atoms with van der Waals surface area (Å²) in [5.74, 6) is -0.0935. The van der Waals surface area contributed by atoms with E-state index in [1.54, 1.807) is 25.3 Å². The van der Waals surface area contributed by atoms with Crippen molar-refractivity contribution in [2.45, 2.75) is 38.9 Å². The number of Topliss-reactive ketones (excluding diaryl/α,β-unsaturated/α-hetero) is 1. The summed E-state index contributed by atoms with van der Waals surface area (Å²) in [6.07, 6.45) is -1.04. The maximum absolute atomic E-state index is 13.0. The number of carbonyl (C=O) groups excluding carboxylic acids is 2. The standard InChI is InChI=1S/C23H22F3N3O4/c1-2-32-22(31)12-29-11-16-8-15(20(10-18(16)28-29)33-13-14-6-7-14)9-19(30)17-4-3-5-21(27-17)23(24,25)26/h3-5,8,10-11,14H,2,6-7,9,12-13H2,1H3. The highest BCUT2D eigenvalue weighted by atomic mass is 19.4. The number of rotatable bonds is 9. The molecule has 2 heterocycles. The first kappa shape index (κ1) is 22.8. The van der Waals surface area contributed by atoms with E-state index in [0.29, 0.717) is 34.7 Å². The third-order valence-corrected chi connectivity index (χ3v) is 5.18. The molecule has 0 radical (unpaired) electrons. The lowest BCUT2D eigenvalue weighted by molar-refractivity contribution is -0.144. The van der Waals surface area contributed by atoms with Crippen molar-refractivity contribution in [3.8, 4) is 5.75 Å². The van der Waals surface area contributed by atoms with E-state index in [0.717, 1.165) is 25.0 Å². The van der Waals surface area contributed by atoms with Crippen LogP contribution in [0.2, 0.25) is 0 Å². The van der Waals surface area contributed by atoms with Gasteiger partial charge in [0.2, 0.25) is 0 Å². The number of benzene rings is 1. The largest absolute Gasteiger partial charge is 0.493 e. The van der Waals surface area contributed by atoms with E-state index in [1.165, 1.54) is 10.7 Å². The van der Waals surface area contributed by atoms with Gasteiger partial charge < -0.3 is 9.47 Å². The Balaban J connectivity index is 1.61. The third-order valence-electron chi connectivity index (χ3n) is 5.18. The van der Waals surface area contributed by atoms with Gasteiger partial charge in [0, 0.05) is 29.6 Å². The Morgan fingerprint density at radius 1 is 1.21 bits per heavy atom. The zero-order chi connectivity index (χ0) is 23.6. The summed E-state index contributed by atoms with van der Waals surface area (Å²) in [5.41, 5.74) is -0.299. The Labute approximate surface area is 187 Å². The number of alkyl halides is 3. The van der Waals surface area contributed by atoms with Crippen molar-refractivity contribution in [2.75, 3.05) is 13.2 Å². The fourth-order valence-electron chi connectivity index (χ4n) is 3.35. The predicted molar refractivity (Wildman–Crippen MR) is 112 cm³/mol. The van der Waals surface area contributed by atoms with E-state index in [1.807, 2.05) is 0 Å². The number of fused-ring (bicyclic) bond motifs is 1. The van der Waals surface area contributed by atoms with Crippen molar-refractivity contribution in [3.05, 3.63) is 53.5 Å². The van der Waals surface area contributed by atoms with Crippen LogP contribution in [0.15, 0.2) is 36.5 Å². The minimum Gasteiger partial charge on any atom is -0.493 e. The monoisotopic (exact) mass is 461 g/mol. The van der Waals surface area contributed by atoms with Crippen LogP contribution in [0.25, 0.3) is 10.9 Å². The summed E-state index contributed by atoms with van der Waals surface area (Å²) < 4.78 is 51.2. The summed E-state index contributed by atoms with van der Waals surface area (Å²) in [6.45, 7) is 2.39. The first-order chi connectivity index (χ1) is 15.7. The molecule has 1 aliphatic rings. The van der Waals surface area contributed by atoms with E-state index < -0.39 is 23.6 Å². The minimum atomic E-state index is -4.64. The van der Waals surface area contributed by atoms with Crippen molar-refractivity contribution in [1.29, 1.82) is 0 Å². The Morgan fingerprint density at radius 3 is 2.70 bits per heavy atom. The molecule has 0 spiro atoms. The van der Waals surface area contributed by atoms with Crippen LogP contribution in [0.3, 0.4) is 0 Å². The number of esters is 1. The highest BCUT2D eigenvalue weighted by Crippen LogP contribution is 2.33. The fourth-order valence-corrected chi connectivity index (χ4v) is 3.35. The van der Waals surface area contributed by atoms with Crippen LogP contribution < -0.4 is 4.74 Å². The molecule has 10 heteroatoms. The number of nitrogens with zero attached hydrogens (tertiary/aromatic N) is 3. The summed E-state index contributed by atoms with van der Waals surface area (Å²) in [6, 6.07) is 6.64. The average Bonchev–Trinajstić information content (AvgIpc) is 3.51. The number of ether oxygens (including phenoxy) is 2. The maximum Gasteiger partial charge on any atom is 0.433 e. The molecule has 174 valence electrons. The van der Waals surface area contributed by atoms with Gasteiger partial charge in [-0.05, 0) is 43.9 Å². The number of hydrogen-bond donors (Lipinski definition) is 0. The molecule has 3 aromatic rings. The molecule has 33 heavy (non-hydrogen) atoms. The van der Waals surface area contributed by atoms with Crippen molar-refractivity contribution in [1.82, 2.24) is 14.8 Å². The van der Waals surface area contributed by atoms with Gasteiger partial charge in [0.1, 0.15) is 23.7 Å². The topological polar surface area (TPSA) is 83.3 Å². The molecule has 0 saturated heterocycles. The van der Waals surface area contributed by atoms with E-state index >= 15 is 0 Å². The number of aromatic nitrogens is 3. The zero-order valence-electron chi connectivity index (χ0n) is 17.9. The second-order valence-corrected chi connectivity index (χ2v) is 7.91. The lowest BCUT2D eigenvalue weighted by atomic mass is 10.0. The summed E-state index contributed by atoms with van der Waals surface area (Å²) in [4.78, 5) is 28.0. The number of ketones is 1. The molecule has 0 atom stereocenters. The number of carbonyl (C=O) groups is 2. The molecule has 1 saturated carbocycles. The van der Waals surface area contributed by atoms with Crippen LogP contribution in [-0.2, 0) is 28.7 Å². The number of pyridine rings is 1. The smallest absolute Gasteiger partial charge is 0.433 e. The molecule has 2 aromatic heterocycles. The van der Waals surface area contributed by atoms with E-state index in [9.17, 15) is 22.8 Å². The quantitative estimate of drug-likeness (QED) is 0.350. The third kappa shape index (κ3) is 5.68. The van der Waals surface area contributed by atoms with Crippen molar-refractivity contribution < 1.29 is 32.2 Å². The summed E-state index contributed by atoms with van der Waals surface area (Å²) in [7, 11) is 0. The lowest BCUT2D eigenvalue weighted by Gasteiger charge is -2.12. The summed E-state index contributed by atoms with van der Waals surface area (Å²) >= 11 is 0. The highest BCUT2D eigenvalue weighted by molar-refractivity contribution is 5.97. The number of halogens is 3. The van der Waals surface area contributed by atoms with E-state index in [-0.39, 0.29) is 25.3 Å². The second-order valence-electron chi connectivity index (χ2n) is 7.91. The Bertz CT molecular complexity index is 1190. The van der Waals surface area contributed by atoms with Gasteiger partial charge in [-0.2, -0.15) is 18.3 Å². The van der Waals surface area contributed by atoms with Gasteiger partial charge in [0.05, 0.1) is 18.7 Å². The SMILES string of the molecule is CCOC(=O)Cn1cc2cc(CC(=O)c3cccc(C(F)(F)F)n3)c(OCC3CC3)cc2n1. The van der Waals surface area contributed by atoms with Crippen LogP contribution in [0, 0.1) is 5.92 Å². The summed E-state index contributed by atoms with van der Waals surface area (Å²) in [5, 5.41) is 5.03. The molecule has 0 unspecified atom stereocenters. The van der Waals surface area contributed by atoms with Crippen LogP contribution in [0.1, 0.15) is 41.5 Å². The first-order valence-corrected chi connectivity index (χ1v) is 10.6. The molecule has 0 bridgehead atoms. The highest BCUT2D eigenvalue weighted by Gasteiger charge is 2.33. The van der Waals surface area contributed by atoms with Crippen molar-refractivity contribution in [2.24, 2.45) is 5.92 Å². The first-order valence-electron chi connectivity index (χ1n) is 10.6. The van der Waals surface area contributed by atoms with Crippen LogP contribution >= 0.6 is 0 Å². The van der Waals surface area contributed by atoms with Gasteiger partial charge in [-0.15, -0.1) is 0 Å². The molecule has 1 aromatic carbocycles. The maximum atomic E-state index is 13.0. The second kappa shape index (κ2) is 9.21. The lowest BCUT2D eigenvalue weighted by Crippen LogP contribution is -2.13. The predicted octanol–water partition coefficient (Wildman–Crippen LogP) is 4.23. The van der Waals surface area contributed by atoms with Crippen molar-refractivity contribution in [3.63, 3.8) is 0 Å². The van der Waals surface area contributed by atoms with Crippen LogP contribution in [0.4, 0.5) is 13.2 Å². The Morgan fingerprint density at radius 2 is 2.00 bits per heavy atom. The fraction of sp³-hybridized carbons (Fsp3) is 0.391. The van der Waals surface area contributed by atoms with Gasteiger partial charge in [0.25, 0.3) is 0 Å². The zero-order valence-corrected chi connectivity index (χ0v) is 17.9. The van der Waals surface area contributed by atoms with E-state index in [4.69, 9.17) is 9.47 Å². The van der Waals surface area contributed by atoms with Crippen LogP contribution in [-0.4, -0.2) is 39.7 Å². The molecule has 7 nitrogen and oxygen atoms in total. The molecular weight excluding hydrogens is 439 g/mol. The Hall–Kier alpha value is -3.43. The van der Waals surface area contributed by atoms with Gasteiger partial charge in [-0.3, -0.25) is 14.3 Å². The Kier molecular flexibility index (Phi) is 6.35. The average molecular weight is 461 g/mol. The van der Waals surface area contributed by atoms with E-state index in [2.05, 4.69) is 10.1 Å².